The number of nitrogens with one attached hydrogen (secondary N) is 1. The number of hydrogen-bond donors (Lipinski definition) is 1. The molecule has 3 heteroatoms. The van der Waals surface area contributed by atoms with Gasteiger partial charge in [0.1, 0.15) is 11.4 Å². The van der Waals surface area contributed by atoms with Gasteiger partial charge in [0.15, 0.2) is 0 Å². The summed E-state index contributed by atoms with van der Waals surface area (Å²) >= 11 is 0. The van der Waals surface area contributed by atoms with E-state index in [1.165, 1.54) is 11.3 Å². The Balaban J connectivity index is 1.71. The van der Waals surface area contributed by atoms with Crippen LogP contribution in [0.3, 0.4) is 0 Å². The van der Waals surface area contributed by atoms with E-state index in [0.717, 1.165) is 38.2 Å². The summed E-state index contributed by atoms with van der Waals surface area (Å²) in [5.74, 6) is 1.00. The van der Waals surface area contributed by atoms with Crippen LogP contribution < -0.4 is 10.1 Å². The monoisotopic (exact) mass is 260 g/mol. The van der Waals surface area contributed by atoms with Crippen LogP contribution in [0.25, 0.3) is 0 Å². The van der Waals surface area contributed by atoms with Gasteiger partial charge >= 0.3 is 0 Å². The van der Waals surface area contributed by atoms with E-state index in [2.05, 4.69) is 49.2 Å². The molecule has 0 bridgehead atoms. The molecule has 2 aliphatic heterocycles. The number of benzene rings is 1. The summed E-state index contributed by atoms with van der Waals surface area (Å²) in [5.41, 5.74) is 2.62. The van der Waals surface area contributed by atoms with Crippen LogP contribution in [0, 0.1) is 0 Å². The third kappa shape index (κ3) is 2.57. The van der Waals surface area contributed by atoms with Crippen LogP contribution in [-0.4, -0.2) is 36.2 Å². The first-order chi connectivity index (χ1) is 9.06. The standard InChI is InChI=1S/C16H24N2O/c1-12(2)18-9-7-16(3,11-18)19-14-5-4-13-6-8-17-15(13)10-14/h4-5,10,12,17H,6-9,11H2,1-3H3. The van der Waals surface area contributed by atoms with Gasteiger partial charge in [-0.05, 0) is 38.8 Å². The fraction of sp³-hybridized carbons (Fsp3) is 0.625. The Hall–Kier alpha value is -1.22. The third-order valence-corrected chi connectivity index (χ3v) is 4.35. The molecule has 0 amide bonds. The molecule has 3 nitrogen and oxygen atoms in total. The van der Waals surface area contributed by atoms with Crippen LogP contribution in [0.1, 0.15) is 32.8 Å². The zero-order chi connectivity index (χ0) is 13.5. The van der Waals surface area contributed by atoms with Crippen LogP contribution in [0.2, 0.25) is 0 Å². The molecular formula is C16H24N2O. The molecule has 1 aromatic rings. The molecule has 104 valence electrons. The second kappa shape index (κ2) is 4.71. The molecule has 3 rings (SSSR count). The maximum absolute atomic E-state index is 6.29. The Kier molecular flexibility index (Phi) is 3.17. The minimum atomic E-state index is -0.0445. The summed E-state index contributed by atoms with van der Waals surface area (Å²) in [7, 11) is 0. The molecular weight excluding hydrogens is 236 g/mol. The normalized spacial score (nSPS) is 26.5. The van der Waals surface area contributed by atoms with Gasteiger partial charge in [0.25, 0.3) is 0 Å². The molecule has 2 heterocycles. The van der Waals surface area contributed by atoms with Gasteiger partial charge in [-0.2, -0.15) is 0 Å². The highest BCUT2D eigenvalue weighted by molar-refractivity contribution is 5.58. The van der Waals surface area contributed by atoms with Crippen molar-refractivity contribution >= 4 is 5.69 Å². The van der Waals surface area contributed by atoms with Crippen molar-refractivity contribution in [3.63, 3.8) is 0 Å². The molecule has 0 spiro atoms. The lowest BCUT2D eigenvalue weighted by Gasteiger charge is -2.28. The fourth-order valence-electron chi connectivity index (χ4n) is 3.11. The summed E-state index contributed by atoms with van der Waals surface area (Å²) in [6.45, 7) is 9.95. The number of fused-ring (bicyclic) bond motifs is 1. The van der Waals surface area contributed by atoms with Crippen LogP contribution in [-0.2, 0) is 6.42 Å². The predicted octanol–water partition coefficient (Wildman–Crippen LogP) is 2.91. The summed E-state index contributed by atoms with van der Waals surface area (Å²) in [5, 5.41) is 3.41. The number of rotatable bonds is 3. The maximum atomic E-state index is 6.29. The van der Waals surface area contributed by atoms with E-state index in [9.17, 15) is 0 Å². The predicted molar refractivity (Wildman–Crippen MR) is 79.0 cm³/mol. The zero-order valence-corrected chi connectivity index (χ0v) is 12.2. The van der Waals surface area contributed by atoms with E-state index in [1.807, 2.05) is 0 Å². The molecule has 19 heavy (non-hydrogen) atoms. The highest BCUT2D eigenvalue weighted by Gasteiger charge is 2.36. The molecule has 0 radical (unpaired) electrons. The van der Waals surface area contributed by atoms with Crippen molar-refractivity contribution in [3.8, 4) is 5.75 Å². The topological polar surface area (TPSA) is 24.5 Å². The van der Waals surface area contributed by atoms with Gasteiger partial charge < -0.3 is 10.1 Å². The SMILES string of the molecule is CC(C)N1CCC(C)(Oc2ccc3c(c2)NCC3)C1. The summed E-state index contributed by atoms with van der Waals surface area (Å²) in [6.07, 6.45) is 2.24. The van der Waals surface area contributed by atoms with E-state index < -0.39 is 0 Å². The lowest BCUT2D eigenvalue weighted by atomic mass is 10.1. The number of nitrogens with zero attached hydrogens (tertiary/aromatic N) is 1. The maximum Gasteiger partial charge on any atom is 0.122 e. The number of likely N-dealkylation sites (tertiary alicyclic amines) is 1. The van der Waals surface area contributed by atoms with Crippen molar-refractivity contribution < 1.29 is 4.74 Å². The fourth-order valence-corrected chi connectivity index (χ4v) is 3.11. The van der Waals surface area contributed by atoms with Gasteiger partial charge in [0, 0.05) is 43.9 Å². The highest BCUT2D eigenvalue weighted by atomic mass is 16.5. The van der Waals surface area contributed by atoms with Gasteiger partial charge in [-0.3, -0.25) is 4.90 Å². The highest BCUT2D eigenvalue weighted by Crippen LogP contribution is 2.32. The second-order valence-electron chi connectivity index (χ2n) is 6.36. The van der Waals surface area contributed by atoms with Crippen LogP contribution in [0.15, 0.2) is 18.2 Å². The van der Waals surface area contributed by atoms with E-state index >= 15 is 0 Å². The number of ether oxygens (including phenoxy) is 1. The van der Waals surface area contributed by atoms with E-state index in [0.29, 0.717) is 6.04 Å². The Morgan fingerprint density at radius 1 is 1.37 bits per heavy atom. The molecule has 0 saturated carbocycles. The average molecular weight is 260 g/mol. The minimum absolute atomic E-state index is 0.0445. The van der Waals surface area contributed by atoms with Crippen molar-refractivity contribution in [1.82, 2.24) is 4.90 Å². The minimum Gasteiger partial charge on any atom is -0.486 e. The summed E-state index contributed by atoms with van der Waals surface area (Å²) in [6, 6.07) is 7.08. The van der Waals surface area contributed by atoms with Crippen LogP contribution in [0.4, 0.5) is 5.69 Å². The lowest BCUT2D eigenvalue weighted by Crippen LogP contribution is -2.38. The Labute approximate surface area is 115 Å². The molecule has 1 saturated heterocycles. The molecule has 1 N–H and O–H groups in total. The molecule has 0 aromatic heterocycles. The Bertz CT molecular complexity index is 472. The first kappa shape index (κ1) is 12.8. The molecule has 1 fully saturated rings. The first-order valence-electron chi connectivity index (χ1n) is 7.36. The quantitative estimate of drug-likeness (QED) is 0.904. The van der Waals surface area contributed by atoms with Gasteiger partial charge in [-0.1, -0.05) is 6.07 Å². The van der Waals surface area contributed by atoms with Crippen molar-refractivity contribution in [2.45, 2.75) is 45.3 Å². The second-order valence-corrected chi connectivity index (χ2v) is 6.36. The third-order valence-electron chi connectivity index (χ3n) is 4.35. The molecule has 2 aliphatic rings. The van der Waals surface area contributed by atoms with Crippen molar-refractivity contribution in [3.05, 3.63) is 23.8 Å². The van der Waals surface area contributed by atoms with Gasteiger partial charge in [0.05, 0.1) is 0 Å². The van der Waals surface area contributed by atoms with Gasteiger partial charge in [-0.15, -0.1) is 0 Å². The summed E-state index contributed by atoms with van der Waals surface area (Å²) in [4.78, 5) is 2.49. The lowest BCUT2D eigenvalue weighted by molar-refractivity contribution is 0.0910. The molecule has 1 atom stereocenters. The van der Waals surface area contributed by atoms with Gasteiger partial charge in [-0.25, -0.2) is 0 Å². The molecule has 1 unspecified atom stereocenters. The van der Waals surface area contributed by atoms with Crippen molar-refractivity contribution in [2.75, 3.05) is 25.0 Å². The number of anilines is 1. The molecule has 0 aliphatic carbocycles. The first-order valence-corrected chi connectivity index (χ1v) is 7.36. The van der Waals surface area contributed by atoms with Crippen LogP contribution in [0.5, 0.6) is 5.75 Å². The largest absolute Gasteiger partial charge is 0.486 e. The van der Waals surface area contributed by atoms with E-state index in [1.54, 1.807) is 0 Å². The molecule has 1 aromatic carbocycles. The van der Waals surface area contributed by atoms with Crippen molar-refractivity contribution in [1.29, 1.82) is 0 Å². The average Bonchev–Trinajstić information content (AvgIpc) is 2.95. The Morgan fingerprint density at radius 3 is 2.95 bits per heavy atom. The van der Waals surface area contributed by atoms with Crippen LogP contribution >= 0.6 is 0 Å². The van der Waals surface area contributed by atoms with Crippen molar-refractivity contribution in [2.24, 2.45) is 0 Å². The van der Waals surface area contributed by atoms with E-state index in [-0.39, 0.29) is 5.60 Å². The van der Waals surface area contributed by atoms with E-state index in [4.69, 9.17) is 4.74 Å². The number of hydrogen-bond acceptors (Lipinski definition) is 3. The van der Waals surface area contributed by atoms with Gasteiger partial charge in [0.2, 0.25) is 0 Å². The summed E-state index contributed by atoms with van der Waals surface area (Å²) < 4.78 is 6.29. The smallest absolute Gasteiger partial charge is 0.122 e. The zero-order valence-electron chi connectivity index (χ0n) is 12.2. The Morgan fingerprint density at radius 2 is 2.21 bits per heavy atom.